The number of fused-ring (bicyclic) bond motifs is 2. The van der Waals surface area contributed by atoms with E-state index in [4.69, 9.17) is 14.2 Å². The van der Waals surface area contributed by atoms with Crippen LogP contribution in [0.2, 0.25) is 0 Å². The fraction of sp³-hybridized carbons (Fsp3) is 0.355. The average Bonchev–Trinajstić information content (AvgIpc) is 2.98. The quantitative estimate of drug-likeness (QED) is 0.406. The number of methoxy groups -OCH3 is 1. The van der Waals surface area contributed by atoms with Gasteiger partial charge in [-0.05, 0) is 56.2 Å². The molecule has 0 aromatic heterocycles. The van der Waals surface area contributed by atoms with Crippen LogP contribution in [-0.2, 0) is 26.1 Å². The fourth-order valence-electron chi connectivity index (χ4n) is 5.34. The Balaban J connectivity index is 1.23. The average molecular weight is 594 g/mol. The first kappa shape index (κ1) is 29.4. The summed E-state index contributed by atoms with van der Waals surface area (Å²) in [6, 6.07) is 18.4. The van der Waals surface area contributed by atoms with Gasteiger partial charge in [0.05, 0.1) is 36.1 Å². The Morgan fingerprint density at radius 1 is 1.07 bits per heavy atom. The molecule has 2 aliphatic heterocycles. The molecule has 3 atom stereocenters. The highest BCUT2D eigenvalue weighted by atomic mass is 32.2. The number of anilines is 1. The largest absolute Gasteiger partial charge is 0.496 e. The van der Waals surface area contributed by atoms with E-state index in [-0.39, 0.29) is 53.1 Å². The third-order valence-corrected chi connectivity index (χ3v) is 9.07. The van der Waals surface area contributed by atoms with Crippen molar-refractivity contribution in [2.75, 3.05) is 25.5 Å². The van der Waals surface area contributed by atoms with E-state index >= 15 is 0 Å². The normalized spacial score (nSPS) is 20.3. The van der Waals surface area contributed by atoms with Crippen molar-refractivity contribution >= 4 is 27.5 Å². The van der Waals surface area contributed by atoms with Gasteiger partial charge in [-0.3, -0.25) is 14.3 Å². The van der Waals surface area contributed by atoms with Gasteiger partial charge in [-0.1, -0.05) is 35.9 Å². The van der Waals surface area contributed by atoms with E-state index in [2.05, 4.69) is 10.0 Å². The van der Waals surface area contributed by atoms with Gasteiger partial charge in [0.25, 0.3) is 15.9 Å². The molecule has 2 aliphatic rings. The third-order valence-electron chi connectivity index (χ3n) is 7.68. The maximum atomic E-state index is 13.5. The lowest BCUT2D eigenvalue weighted by Gasteiger charge is -2.42. The lowest BCUT2D eigenvalue weighted by atomic mass is 9.94. The molecule has 0 bridgehead atoms. The summed E-state index contributed by atoms with van der Waals surface area (Å²) in [6.45, 7) is 2.41. The Hall–Kier alpha value is -4.09. The number of hydrogen-bond acceptors (Lipinski definition) is 7. The van der Waals surface area contributed by atoms with Crippen LogP contribution in [0.3, 0.4) is 0 Å². The number of hydrogen-bond donors (Lipinski definition) is 2. The Kier molecular flexibility index (Phi) is 8.69. The minimum absolute atomic E-state index is 0.129. The van der Waals surface area contributed by atoms with Gasteiger partial charge in [0.1, 0.15) is 24.2 Å². The number of likely N-dealkylation sites (N-methyl/N-ethyl adjacent to an activating group) is 1. The van der Waals surface area contributed by atoms with E-state index in [9.17, 15) is 18.0 Å². The molecule has 10 nitrogen and oxygen atoms in total. The number of carbonyl (C=O) groups excluding carboxylic acids is 2. The Morgan fingerprint density at radius 3 is 2.60 bits per heavy atom. The summed E-state index contributed by atoms with van der Waals surface area (Å²) >= 11 is 0. The number of sulfonamides is 1. The topological polar surface area (TPSA) is 123 Å². The second kappa shape index (κ2) is 12.4. The van der Waals surface area contributed by atoms with Gasteiger partial charge < -0.3 is 24.4 Å². The SMILES string of the molecule is COc1ccccc1CNC(=O)C[C@@H]1CC[C@@H]2[C@@H](COc3ccc(NS(=O)(=O)c4ccc(C)cc4)cc3C(=O)N2C)O1. The minimum Gasteiger partial charge on any atom is -0.496 e. The van der Waals surface area contributed by atoms with Crippen LogP contribution in [0.4, 0.5) is 5.69 Å². The number of rotatable bonds is 8. The summed E-state index contributed by atoms with van der Waals surface area (Å²) in [5.74, 6) is 0.619. The molecular weight excluding hydrogens is 558 g/mol. The van der Waals surface area contributed by atoms with Gasteiger partial charge in [0, 0.05) is 24.8 Å². The third kappa shape index (κ3) is 6.52. The molecule has 5 rings (SSSR count). The smallest absolute Gasteiger partial charge is 0.261 e. The van der Waals surface area contributed by atoms with Crippen molar-refractivity contribution in [3.05, 3.63) is 83.4 Å². The van der Waals surface area contributed by atoms with E-state index < -0.39 is 16.1 Å². The second-order valence-electron chi connectivity index (χ2n) is 10.6. The van der Waals surface area contributed by atoms with E-state index in [0.29, 0.717) is 30.9 Å². The molecule has 42 heavy (non-hydrogen) atoms. The Bertz CT molecular complexity index is 1560. The van der Waals surface area contributed by atoms with E-state index in [1.54, 1.807) is 43.3 Å². The molecule has 1 fully saturated rings. The van der Waals surface area contributed by atoms with Gasteiger partial charge in [-0.2, -0.15) is 0 Å². The van der Waals surface area contributed by atoms with Crippen molar-refractivity contribution in [3.63, 3.8) is 0 Å². The fourth-order valence-corrected chi connectivity index (χ4v) is 6.39. The molecule has 0 saturated carbocycles. The first-order valence-electron chi connectivity index (χ1n) is 13.8. The maximum Gasteiger partial charge on any atom is 0.261 e. The van der Waals surface area contributed by atoms with E-state index in [1.165, 1.54) is 18.2 Å². The number of para-hydroxylation sites is 1. The summed E-state index contributed by atoms with van der Waals surface area (Å²) < 4.78 is 46.0. The molecule has 0 aliphatic carbocycles. The molecule has 2 amide bonds. The van der Waals surface area contributed by atoms with Gasteiger partial charge >= 0.3 is 0 Å². The molecule has 11 heteroatoms. The molecule has 3 aromatic rings. The molecular formula is C31H35N3O7S. The number of nitrogens with one attached hydrogen (secondary N) is 2. The summed E-state index contributed by atoms with van der Waals surface area (Å²) in [7, 11) is -0.533. The maximum absolute atomic E-state index is 13.5. The summed E-state index contributed by atoms with van der Waals surface area (Å²) in [5, 5.41) is 2.93. The highest BCUT2D eigenvalue weighted by Gasteiger charge is 2.39. The Morgan fingerprint density at radius 2 is 1.83 bits per heavy atom. The lowest BCUT2D eigenvalue weighted by molar-refractivity contribution is -0.134. The monoisotopic (exact) mass is 593 g/mol. The number of nitrogens with zero attached hydrogens (tertiary/aromatic N) is 1. The van der Waals surface area contributed by atoms with Crippen LogP contribution >= 0.6 is 0 Å². The number of amides is 2. The zero-order valence-electron chi connectivity index (χ0n) is 23.8. The molecule has 0 spiro atoms. The molecule has 222 valence electrons. The first-order valence-corrected chi connectivity index (χ1v) is 15.3. The van der Waals surface area contributed by atoms with Crippen molar-refractivity contribution in [3.8, 4) is 11.5 Å². The highest BCUT2D eigenvalue weighted by molar-refractivity contribution is 7.92. The van der Waals surface area contributed by atoms with Crippen molar-refractivity contribution in [2.24, 2.45) is 0 Å². The van der Waals surface area contributed by atoms with Crippen molar-refractivity contribution in [1.29, 1.82) is 0 Å². The minimum atomic E-state index is -3.84. The van der Waals surface area contributed by atoms with E-state index in [0.717, 1.165) is 11.1 Å². The molecule has 0 radical (unpaired) electrons. The number of carbonyl (C=O) groups is 2. The van der Waals surface area contributed by atoms with Crippen molar-refractivity contribution in [2.45, 2.75) is 55.9 Å². The van der Waals surface area contributed by atoms with Crippen LogP contribution < -0.4 is 19.5 Å². The second-order valence-corrected chi connectivity index (χ2v) is 12.3. The predicted molar refractivity (Wildman–Crippen MR) is 157 cm³/mol. The summed E-state index contributed by atoms with van der Waals surface area (Å²) in [6.07, 6.45) is 0.692. The highest BCUT2D eigenvalue weighted by Crippen LogP contribution is 2.33. The van der Waals surface area contributed by atoms with Crippen LogP contribution in [0, 0.1) is 6.92 Å². The van der Waals surface area contributed by atoms with Crippen LogP contribution in [0.25, 0.3) is 0 Å². The predicted octanol–water partition coefficient (Wildman–Crippen LogP) is 3.89. The number of benzene rings is 3. The van der Waals surface area contributed by atoms with Crippen LogP contribution in [0.5, 0.6) is 11.5 Å². The van der Waals surface area contributed by atoms with Gasteiger partial charge in [-0.25, -0.2) is 8.42 Å². The number of ether oxygens (including phenoxy) is 3. The van der Waals surface area contributed by atoms with Crippen LogP contribution in [0.1, 0.15) is 40.7 Å². The van der Waals surface area contributed by atoms with Gasteiger partial charge in [0.15, 0.2) is 0 Å². The van der Waals surface area contributed by atoms with Gasteiger partial charge in [-0.15, -0.1) is 0 Å². The molecule has 0 unspecified atom stereocenters. The van der Waals surface area contributed by atoms with Crippen molar-refractivity contribution in [1.82, 2.24) is 10.2 Å². The zero-order chi connectivity index (χ0) is 29.9. The zero-order valence-corrected chi connectivity index (χ0v) is 24.6. The van der Waals surface area contributed by atoms with E-state index in [1.807, 2.05) is 31.2 Å². The standard InChI is InChI=1S/C31H35N3O7S/c1-20-8-12-24(13-9-20)42(37,38)33-22-10-15-28-25(16-22)31(36)34(2)26-14-11-23(41-29(26)19-40-28)17-30(35)32-18-21-6-4-5-7-27(21)39-3/h4-10,12-13,15-16,23,26,29,33H,11,14,17-19H2,1-3H3,(H,32,35)/t23-,26+,29+/m0/s1. The van der Waals surface area contributed by atoms with Gasteiger partial charge in [0.2, 0.25) is 5.91 Å². The molecule has 1 saturated heterocycles. The Labute approximate surface area is 246 Å². The summed E-state index contributed by atoms with van der Waals surface area (Å²) in [4.78, 5) is 28.0. The molecule has 3 aromatic carbocycles. The summed E-state index contributed by atoms with van der Waals surface area (Å²) in [5.41, 5.74) is 2.36. The number of aryl methyl sites for hydroxylation is 1. The van der Waals surface area contributed by atoms with Crippen LogP contribution in [-0.4, -0.2) is 64.1 Å². The lowest BCUT2D eigenvalue weighted by Crippen LogP contribution is -2.53. The van der Waals surface area contributed by atoms with Crippen molar-refractivity contribution < 1.29 is 32.2 Å². The first-order chi connectivity index (χ1) is 20.1. The van der Waals surface area contributed by atoms with Crippen LogP contribution in [0.15, 0.2) is 71.6 Å². The molecule has 2 heterocycles. The molecule has 2 N–H and O–H groups in total.